The molecule has 0 aliphatic heterocycles. The van der Waals surface area contributed by atoms with Gasteiger partial charge in [-0.1, -0.05) is 29.9 Å². The number of carbonyl (C=O) groups excluding carboxylic acids is 1. The Morgan fingerprint density at radius 3 is 2.83 bits per heavy atom. The van der Waals surface area contributed by atoms with E-state index in [1.807, 2.05) is 13.0 Å². The Morgan fingerprint density at radius 2 is 2.17 bits per heavy atom. The van der Waals surface area contributed by atoms with Crippen LogP contribution >= 0.6 is 0 Å². The quantitative estimate of drug-likeness (QED) is 0.765. The average Bonchev–Trinajstić information content (AvgIpc) is 2.39. The molecule has 2 rings (SSSR count). The molecule has 0 saturated heterocycles. The summed E-state index contributed by atoms with van der Waals surface area (Å²) < 4.78 is 19.7. The van der Waals surface area contributed by atoms with Crippen LogP contribution in [-0.2, 0) is 4.79 Å². The van der Waals surface area contributed by atoms with Crippen LogP contribution in [0.2, 0.25) is 0 Å². The van der Waals surface area contributed by atoms with E-state index < -0.39 is 5.67 Å². The maximum atomic E-state index is 14.6. The van der Waals surface area contributed by atoms with Gasteiger partial charge < -0.3 is 4.74 Å². The molecule has 0 heterocycles. The van der Waals surface area contributed by atoms with Gasteiger partial charge in [-0.25, -0.2) is 4.39 Å². The van der Waals surface area contributed by atoms with E-state index in [0.717, 1.165) is 5.57 Å². The number of ether oxygens (including phenoxy) is 1. The molecule has 1 unspecified atom stereocenters. The van der Waals surface area contributed by atoms with E-state index in [1.165, 1.54) is 0 Å². The SMILES string of the molecule is COc1cccc(C2=CC=C(C)CC2(F)C=O)c1. The molecule has 2 nitrogen and oxygen atoms in total. The van der Waals surface area contributed by atoms with Crippen molar-refractivity contribution in [2.75, 3.05) is 7.11 Å². The molecular formula is C15H15FO2. The molecule has 0 saturated carbocycles. The Balaban J connectivity index is 2.49. The summed E-state index contributed by atoms with van der Waals surface area (Å²) in [5.41, 5.74) is -0.0171. The summed E-state index contributed by atoms with van der Waals surface area (Å²) in [6.07, 6.45) is 4.01. The number of alkyl halides is 1. The molecule has 0 spiro atoms. The zero-order valence-electron chi connectivity index (χ0n) is 10.4. The highest BCUT2D eigenvalue weighted by Gasteiger charge is 2.36. The number of aldehydes is 1. The van der Waals surface area contributed by atoms with Crippen LogP contribution in [0.1, 0.15) is 18.9 Å². The van der Waals surface area contributed by atoms with Crippen molar-refractivity contribution in [1.82, 2.24) is 0 Å². The van der Waals surface area contributed by atoms with Crippen LogP contribution in [0, 0.1) is 0 Å². The van der Waals surface area contributed by atoms with Crippen molar-refractivity contribution in [1.29, 1.82) is 0 Å². The standard InChI is InChI=1S/C15H15FO2/c1-11-6-7-14(15(16,9-11)10-17)12-4-3-5-13(8-12)18-2/h3-8,10H,9H2,1-2H3. The molecule has 3 heteroatoms. The summed E-state index contributed by atoms with van der Waals surface area (Å²) in [5, 5.41) is 0. The summed E-state index contributed by atoms with van der Waals surface area (Å²) in [6.45, 7) is 1.82. The van der Waals surface area contributed by atoms with Gasteiger partial charge in [0.15, 0.2) is 12.0 Å². The first kappa shape index (κ1) is 12.6. The number of methoxy groups -OCH3 is 1. The fourth-order valence-electron chi connectivity index (χ4n) is 2.16. The zero-order valence-corrected chi connectivity index (χ0v) is 10.4. The fraction of sp³-hybridized carbons (Fsp3) is 0.267. The molecule has 1 atom stereocenters. The Kier molecular flexibility index (Phi) is 3.32. The lowest BCUT2D eigenvalue weighted by atomic mass is 9.82. The maximum absolute atomic E-state index is 14.6. The summed E-state index contributed by atoms with van der Waals surface area (Å²) >= 11 is 0. The highest BCUT2D eigenvalue weighted by Crippen LogP contribution is 2.38. The normalized spacial score (nSPS) is 23.1. The first-order chi connectivity index (χ1) is 8.59. The molecule has 18 heavy (non-hydrogen) atoms. The molecule has 0 amide bonds. The molecule has 0 N–H and O–H groups in total. The van der Waals surface area contributed by atoms with Crippen LogP contribution in [0.3, 0.4) is 0 Å². The topological polar surface area (TPSA) is 26.3 Å². The third-order valence-corrected chi connectivity index (χ3v) is 3.09. The van der Waals surface area contributed by atoms with Gasteiger partial charge >= 0.3 is 0 Å². The largest absolute Gasteiger partial charge is 0.497 e. The van der Waals surface area contributed by atoms with Crippen LogP contribution in [0.5, 0.6) is 5.75 Å². The smallest absolute Gasteiger partial charge is 0.194 e. The van der Waals surface area contributed by atoms with Crippen molar-refractivity contribution < 1.29 is 13.9 Å². The average molecular weight is 246 g/mol. The van der Waals surface area contributed by atoms with Crippen LogP contribution in [0.15, 0.2) is 42.0 Å². The molecule has 0 fully saturated rings. The van der Waals surface area contributed by atoms with Crippen molar-refractivity contribution in [3.63, 3.8) is 0 Å². The zero-order chi connectivity index (χ0) is 13.2. The Morgan fingerprint density at radius 1 is 1.39 bits per heavy atom. The molecular weight excluding hydrogens is 231 g/mol. The fourth-order valence-corrected chi connectivity index (χ4v) is 2.16. The molecule has 1 aromatic carbocycles. The van der Waals surface area contributed by atoms with Crippen LogP contribution in [0.4, 0.5) is 4.39 Å². The van der Waals surface area contributed by atoms with Crippen molar-refractivity contribution in [2.24, 2.45) is 0 Å². The van der Waals surface area contributed by atoms with Gasteiger partial charge in [-0.15, -0.1) is 0 Å². The number of rotatable bonds is 3. The van der Waals surface area contributed by atoms with Gasteiger partial charge in [-0.2, -0.15) is 0 Å². The van der Waals surface area contributed by atoms with Gasteiger partial charge in [-0.05, 0) is 24.6 Å². The second-order valence-corrected chi connectivity index (χ2v) is 4.48. The minimum atomic E-state index is -1.94. The van der Waals surface area contributed by atoms with Gasteiger partial charge in [-0.3, -0.25) is 4.79 Å². The van der Waals surface area contributed by atoms with E-state index in [2.05, 4.69) is 0 Å². The van der Waals surface area contributed by atoms with Crippen LogP contribution in [0.25, 0.3) is 5.57 Å². The molecule has 1 aliphatic rings. The van der Waals surface area contributed by atoms with Crippen LogP contribution < -0.4 is 4.74 Å². The highest BCUT2D eigenvalue weighted by atomic mass is 19.1. The van der Waals surface area contributed by atoms with Crippen molar-refractivity contribution >= 4 is 11.9 Å². The number of hydrogen-bond acceptors (Lipinski definition) is 2. The van der Waals surface area contributed by atoms with Gasteiger partial charge in [0.05, 0.1) is 7.11 Å². The molecule has 0 bridgehead atoms. The van der Waals surface area contributed by atoms with Gasteiger partial charge in [0.2, 0.25) is 0 Å². The van der Waals surface area contributed by atoms with E-state index in [9.17, 15) is 9.18 Å². The summed E-state index contributed by atoms with van der Waals surface area (Å²) in [7, 11) is 1.56. The van der Waals surface area contributed by atoms with E-state index in [0.29, 0.717) is 23.2 Å². The minimum absolute atomic E-state index is 0.111. The molecule has 1 aliphatic carbocycles. The molecule has 1 aromatic rings. The lowest BCUT2D eigenvalue weighted by molar-refractivity contribution is -0.114. The van der Waals surface area contributed by atoms with Crippen molar-refractivity contribution in [3.05, 3.63) is 47.6 Å². The minimum Gasteiger partial charge on any atom is -0.497 e. The van der Waals surface area contributed by atoms with E-state index in [4.69, 9.17) is 4.74 Å². The third-order valence-electron chi connectivity index (χ3n) is 3.09. The lowest BCUT2D eigenvalue weighted by Crippen LogP contribution is -2.28. The molecule has 94 valence electrons. The summed E-state index contributed by atoms with van der Waals surface area (Å²) in [6, 6.07) is 7.08. The number of halogens is 1. The predicted octanol–water partition coefficient (Wildman–Crippen LogP) is 3.34. The second kappa shape index (κ2) is 4.77. The predicted molar refractivity (Wildman–Crippen MR) is 69.2 cm³/mol. The van der Waals surface area contributed by atoms with E-state index >= 15 is 0 Å². The Bertz CT molecular complexity index is 531. The number of carbonyl (C=O) groups is 1. The number of hydrogen-bond donors (Lipinski definition) is 0. The van der Waals surface area contributed by atoms with Gasteiger partial charge in [0, 0.05) is 12.0 Å². The summed E-state index contributed by atoms with van der Waals surface area (Å²) in [4.78, 5) is 11.1. The molecule has 0 radical (unpaired) electrons. The number of allylic oxidation sites excluding steroid dienone is 4. The first-order valence-corrected chi connectivity index (χ1v) is 5.76. The summed E-state index contributed by atoms with van der Waals surface area (Å²) in [5.74, 6) is 0.646. The monoisotopic (exact) mass is 246 g/mol. The second-order valence-electron chi connectivity index (χ2n) is 4.48. The van der Waals surface area contributed by atoms with Gasteiger partial charge in [0.1, 0.15) is 5.75 Å². The maximum Gasteiger partial charge on any atom is 0.194 e. The molecule has 0 aromatic heterocycles. The van der Waals surface area contributed by atoms with Gasteiger partial charge in [0.25, 0.3) is 0 Å². The van der Waals surface area contributed by atoms with Crippen molar-refractivity contribution in [3.8, 4) is 5.75 Å². The first-order valence-electron chi connectivity index (χ1n) is 5.76. The van der Waals surface area contributed by atoms with Crippen LogP contribution in [-0.4, -0.2) is 19.1 Å². The number of benzene rings is 1. The van der Waals surface area contributed by atoms with Crippen molar-refractivity contribution in [2.45, 2.75) is 19.0 Å². The Labute approximate surface area is 106 Å². The highest BCUT2D eigenvalue weighted by molar-refractivity contribution is 5.90. The Hall–Kier alpha value is -1.90. The lowest BCUT2D eigenvalue weighted by Gasteiger charge is -2.26. The van der Waals surface area contributed by atoms with E-state index in [1.54, 1.807) is 37.5 Å². The third kappa shape index (κ3) is 2.21. The van der Waals surface area contributed by atoms with E-state index in [-0.39, 0.29) is 6.42 Å².